The number of hydrogen-bond acceptors (Lipinski definition) is 5. The van der Waals surface area contributed by atoms with Gasteiger partial charge in [-0.05, 0) is 23.1 Å². The lowest BCUT2D eigenvalue weighted by molar-refractivity contribution is 0.0729. The molecule has 0 saturated heterocycles. The second-order valence-electron chi connectivity index (χ2n) is 4.96. The van der Waals surface area contributed by atoms with E-state index in [1.165, 1.54) is 11.8 Å². The van der Waals surface area contributed by atoms with Crippen molar-refractivity contribution in [3.63, 3.8) is 0 Å². The van der Waals surface area contributed by atoms with Gasteiger partial charge in [-0.15, -0.1) is 0 Å². The molecule has 2 aromatic rings. The molecule has 94 valence electrons. The van der Waals surface area contributed by atoms with Crippen LogP contribution >= 0.6 is 11.7 Å². The Labute approximate surface area is 110 Å². The summed E-state index contributed by atoms with van der Waals surface area (Å²) in [6.45, 7) is 6.40. The van der Waals surface area contributed by atoms with Gasteiger partial charge in [0.05, 0.1) is 17.9 Å². The Morgan fingerprint density at radius 1 is 1.22 bits per heavy atom. The molecule has 0 saturated carbocycles. The Balaban J connectivity index is 2.09. The van der Waals surface area contributed by atoms with Crippen molar-refractivity contribution in [3.8, 4) is 5.75 Å². The number of carbonyl (C=O) groups is 1. The van der Waals surface area contributed by atoms with Gasteiger partial charge in [0.15, 0.2) is 5.69 Å². The van der Waals surface area contributed by atoms with Crippen LogP contribution in [-0.4, -0.2) is 14.7 Å². The minimum Gasteiger partial charge on any atom is -0.422 e. The van der Waals surface area contributed by atoms with Crippen molar-refractivity contribution >= 4 is 17.7 Å². The van der Waals surface area contributed by atoms with Crippen molar-refractivity contribution in [1.29, 1.82) is 0 Å². The molecule has 0 atom stereocenters. The standard InChI is InChI=1S/C13H14N2O2S/c1-13(2,3)9-4-6-10(7-5-9)17-12(16)11-8-14-18-15-11/h4-8H,1-3H3. The zero-order valence-electron chi connectivity index (χ0n) is 10.5. The van der Waals surface area contributed by atoms with Crippen LogP contribution in [-0.2, 0) is 5.41 Å². The Kier molecular flexibility index (Phi) is 3.43. The van der Waals surface area contributed by atoms with Crippen LogP contribution in [0.25, 0.3) is 0 Å². The van der Waals surface area contributed by atoms with E-state index >= 15 is 0 Å². The number of rotatable bonds is 2. The molecule has 0 amide bonds. The molecule has 0 bridgehead atoms. The molecule has 0 spiro atoms. The van der Waals surface area contributed by atoms with Gasteiger partial charge in [0.25, 0.3) is 0 Å². The molecule has 1 heterocycles. The molecule has 1 aromatic heterocycles. The van der Waals surface area contributed by atoms with Gasteiger partial charge in [0.1, 0.15) is 5.75 Å². The number of carbonyl (C=O) groups excluding carboxylic acids is 1. The van der Waals surface area contributed by atoms with E-state index in [0.29, 0.717) is 5.75 Å². The van der Waals surface area contributed by atoms with E-state index in [4.69, 9.17) is 4.74 Å². The first kappa shape index (κ1) is 12.7. The van der Waals surface area contributed by atoms with E-state index in [2.05, 4.69) is 29.5 Å². The highest BCUT2D eigenvalue weighted by Crippen LogP contribution is 2.24. The van der Waals surface area contributed by atoms with Gasteiger partial charge in [-0.1, -0.05) is 32.9 Å². The number of hydrogen-bond donors (Lipinski definition) is 0. The zero-order chi connectivity index (χ0) is 13.2. The van der Waals surface area contributed by atoms with Gasteiger partial charge in [-0.3, -0.25) is 0 Å². The van der Waals surface area contributed by atoms with Crippen molar-refractivity contribution in [1.82, 2.24) is 8.75 Å². The van der Waals surface area contributed by atoms with Crippen LogP contribution < -0.4 is 4.74 Å². The summed E-state index contributed by atoms with van der Waals surface area (Å²) in [5.74, 6) is 0.0354. The summed E-state index contributed by atoms with van der Waals surface area (Å²) >= 11 is 0.983. The summed E-state index contributed by atoms with van der Waals surface area (Å²) in [4.78, 5) is 11.6. The third-order valence-electron chi connectivity index (χ3n) is 2.50. The number of nitrogens with zero attached hydrogens (tertiary/aromatic N) is 2. The van der Waals surface area contributed by atoms with E-state index in [1.54, 1.807) is 12.1 Å². The predicted molar refractivity (Wildman–Crippen MR) is 70.0 cm³/mol. The largest absolute Gasteiger partial charge is 0.422 e. The average molecular weight is 262 g/mol. The molecule has 1 aromatic carbocycles. The van der Waals surface area contributed by atoms with E-state index in [0.717, 1.165) is 11.7 Å². The van der Waals surface area contributed by atoms with Crippen molar-refractivity contribution < 1.29 is 9.53 Å². The highest BCUT2D eigenvalue weighted by atomic mass is 32.1. The molecule has 0 N–H and O–H groups in total. The molecule has 5 heteroatoms. The lowest BCUT2D eigenvalue weighted by Gasteiger charge is -2.18. The van der Waals surface area contributed by atoms with Crippen molar-refractivity contribution in [2.75, 3.05) is 0 Å². The van der Waals surface area contributed by atoms with Crippen LogP contribution in [0.1, 0.15) is 36.8 Å². The minimum absolute atomic E-state index is 0.0847. The third kappa shape index (κ3) is 2.92. The molecule has 0 radical (unpaired) electrons. The molecule has 0 aliphatic rings. The van der Waals surface area contributed by atoms with Crippen LogP contribution in [0.3, 0.4) is 0 Å². The second-order valence-corrected chi connectivity index (χ2v) is 5.51. The molecule has 2 rings (SSSR count). The van der Waals surface area contributed by atoms with Gasteiger partial charge < -0.3 is 4.74 Å². The summed E-state index contributed by atoms with van der Waals surface area (Å²) in [5, 5.41) is 0. The lowest BCUT2D eigenvalue weighted by atomic mass is 9.87. The highest BCUT2D eigenvalue weighted by molar-refractivity contribution is 6.99. The number of esters is 1. The molecule has 0 aliphatic heterocycles. The monoisotopic (exact) mass is 262 g/mol. The SMILES string of the molecule is CC(C)(C)c1ccc(OC(=O)c2cnsn2)cc1. The van der Waals surface area contributed by atoms with E-state index in [9.17, 15) is 4.79 Å². The topological polar surface area (TPSA) is 52.1 Å². The smallest absolute Gasteiger partial charge is 0.365 e. The summed E-state index contributed by atoms with van der Waals surface area (Å²) in [6, 6.07) is 7.50. The van der Waals surface area contributed by atoms with E-state index in [1.807, 2.05) is 12.1 Å². The first-order chi connectivity index (χ1) is 8.47. The third-order valence-corrected chi connectivity index (χ3v) is 2.98. The van der Waals surface area contributed by atoms with Crippen molar-refractivity contribution in [2.24, 2.45) is 0 Å². The summed E-state index contributed by atoms with van der Waals surface area (Å²) in [5.41, 5.74) is 1.51. The second kappa shape index (κ2) is 4.86. The maximum absolute atomic E-state index is 11.6. The maximum Gasteiger partial charge on any atom is 0.365 e. The van der Waals surface area contributed by atoms with E-state index in [-0.39, 0.29) is 11.1 Å². The lowest BCUT2D eigenvalue weighted by Crippen LogP contribution is -2.11. The van der Waals surface area contributed by atoms with Crippen LogP contribution in [0.15, 0.2) is 30.5 Å². The first-order valence-corrected chi connectivity index (χ1v) is 6.30. The number of ether oxygens (including phenoxy) is 1. The first-order valence-electron chi connectivity index (χ1n) is 5.57. The maximum atomic E-state index is 11.6. The van der Waals surface area contributed by atoms with Crippen molar-refractivity contribution in [2.45, 2.75) is 26.2 Å². The highest BCUT2D eigenvalue weighted by Gasteiger charge is 2.15. The van der Waals surface area contributed by atoms with Crippen LogP contribution in [0.4, 0.5) is 0 Å². The molecular formula is C13H14N2O2S. The normalized spacial score (nSPS) is 11.3. The van der Waals surface area contributed by atoms with Crippen molar-refractivity contribution in [3.05, 3.63) is 41.7 Å². The van der Waals surface area contributed by atoms with Crippen LogP contribution in [0, 0.1) is 0 Å². The summed E-state index contributed by atoms with van der Waals surface area (Å²) < 4.78 is 12.8. The van der Waals surface area contributed by atoms with Gasteiger partial charge in [-0.25, -0.2) is 4.79 Å². The molecule has 18 heavy (non-hydrogen) atoms. The van der Waals surface area contributed by atoms with Crippen LogP contribution in [0.2, 0.25) is 0 Å². The van der Waals surface area contributed by atoms with Gasteiger partial charge in [0.2, 0.25) is 0 Å². The fourth-order valence-electron chi connectivity index (χ4n) is 1.44. The number of aromatic nitrogens is 2. The summed E-state index contributed by atoms with van der Waals surface area (Å²) in [7, 11) is 0. The average Bonchev–Trinajstić information content (AvgIpc) is 2.82. The van der Waals surface area contributed by atoms with Gasteiger partial charge in [-0.2, -0.15) is 8.75 Å². The van der Waals surface area contributed by atoms with Gasteiger partial charge >= 0.3 is 5.97 Å². The fraction of sp³-hybridized carbons (Fsp3) is 0.308. The minimum atomic E-state index is -0.479. The quantitative estimate of drug-likeness (QED) is 0.616. The summed E-state index contributed by atoms with van der Waals surface area (Å²) in [6.07, 6.45) is 1.40. The Bertz CT molecular complexity index is 527. The zero-order valence-corrected chi connectivity index (χ0v) is 11.3. The van der Waals surface area contributed by atoms with Gasteiger partial charge in [0, 0.05) is 0 Å². The molecule has 4 nitrogen and oxygen atoms in total. The Hall–Kier alpha value is -1.75. The Morgan fingerprint density at radius 3 is 2.39 bits per heavy atom. The molecular weight excluding hydrogens is 248 g/mol. The predicted octanol–water partition coefficient (Wildman–Crippen LogP) is 3.05. The number of benzene rings is 1. The van der Waals surface area contributed by atoms with E-state index < -0.39 is 5.97 Å². The molecule has 0 unspecified atom stereocenters. The Morgan fingerprint density at radius 2 is 1.89 bits per heavy atom. The van der Waals surface area contributed by atoms with Crippen LogP contribution in [0.5, 0.6) is 5.75 Å². The molecule has 0 aliphatic carbocycles. The fourth-order valence-corrected chi connectivity index (χ4v) is 1.84. The molecule has 0 fully saturated rings.